The van der Waals surface area contributed by atoms with Crippen LogP contribution in [0.1, 0.15) is 25.0 Å². The lowest BCUT2D eigenvalue weighted by molar-refractivity contribution is -0.659. The molecule has 0 N–H and O–H groups in total. The summed E-state index contributed by atoms with van der Waals surface area (Å²) in [5.74, 6) is 0. The van der Waals surface area contributed by atoms with Crippen molar-refractivity contribution < 1.29 is 20.5 Å². The highest BCUT2D eigenvalue weighted by molar-refractivity contribution is 6.11. The smallest absolute Gasteiger partial charge is 0.200 e. The Kier molecular flexibility index (Phi) is 3.64. The fraction of sp³-hybridized carbons (Fsp3) is 0.208. The first-order valence-electron chi connectivity index (χ1n) is 10.0. The highest BCUT2D eigenvalue weighted by Gasteiger charge is 2.30. The van der Waals surface area contributed by atoms with Gasteiger partial charge >= 0.3 is 6.18 Å². The number of aromatic nitrogens is 1. The minimum absolute atomic E-state index is 0.0408. The SMILES string of the molecule is [2H]c1c([2H])[n+](C)c(-c2cc(C)cc(C)c2C)c2ccc3ccc(C(F)(F)F)cc3c12. The number of hydrogen-bond acceptors (Lipinski definition) is 0. The van der Waals surface area contributed by atoms with Gasteiger partial charge in [-0.2, -0.15) is 13.2 Å². The Morgan fingerprint density at radius 1 is 0.893 bits per heavy atom. The predicted molar refractivity (Wildman–Crippen MR) is 107 cm³/mol. The number of fused-ring (bicyclic) bond motifs is 3. The van der Waals surface area contributed by atoms with Crippen LogP contribution in [0.2, 0.25) is 0 Å². The predicted octanol–water partition coefficient (Wildman–Crippen LogP) is 6.43. The van der Waals surface area contributed by atoms with Crippen molar-refractivity contribution >= 4 is 21.5 Å². The molecule has 0 radical (unpaired) electrons. The van der Waals surface area contributed by atoms with E-state index in [2.05, 4.69) is 6.07 Å². The van der Waals surface area contributed by atoms with Crippen molar-refractivity contribution in [2.24, 2.45) is 7.05 Å². The number of halogens is 3. The van der Waals surface area contributed by atoms with Crippen LogP contribution in [0.5, 0.6) is 0 Å². The van der Waals surface area contributed by atoms with Crippen molar-refractivity contribution in [1.29, 1.82) is 0 Å². The summed E-state index contributed by atoms with van der Waals surface area (Å²) in [6.07, 6.45) is -4.52. The van der Waals surface area contributed by atoms with Gasteiger partial charge in [-0.05, 0) is 66.9 Å². The average molecular weight is 382 g/mol. The third-order valence-electron chi connectivity index (χ3n) is 5.35. The van der Waals surface area contributed by atoms with Crippen molar-refractivity contribution in [3.63, 3.8) is 0 Å². The molecule has 0 atom stereocenters. The van der Waals surface area contributed by atoms with Crippen LogP contribution in [-0.2, 0) is 13.2 Å². The van der Waals surface area contributed by atoms with Gasteiger partial charge < -0.3 is 0 Å². The van der Waals surface area contributed by atoms with Crippen LogP contribution < -0.4 is 4.57 Å². The molecule has 0 saturated heterocycles. The van der Waals surface area contributed by atoms with Gasteiger partial charge in [0.1, 0.15) is 8.42 Å². The zero-order valence-corrected chi connectivity index (χ0v) is 16.1. The Bertz CT molecular complexity index is 1340. The third-order valence-corrected chi connectivity index (χ3v) is 5.35. The van der Waals surface area contributed by atoms with Gasteiger partial charge in [-0.25, -0.2) is 4.57 Å². The second-order valence-electron chi connectivity index (χ2n) is 7.32. The van der Waals surface area contributed by atoms with E-state index in [0.717, 1.165) is 40.1 Å². The summed E-state index contributed by atoms with van der Waals surface area (Å²) in [6.45, 7) is 6.00. The number of hydrogen-bond donors (Lipinski definition) is 0. The van der Waals surface area contributed by atoms with E-state index in [-0.39, 0.29) is 12.2 Å². The van der Waals surface area contributed by atoms with Gasteiger partial charge in [0.05, 0.1) is 17.9 Å². The van der Waals surface area contributed by atoms with E-state index >= 15 is 0 Å². The summed E-state index contributed by atoms with van der Waals surface area (Å²) < 4.78 is 58.8. The molecule has 0 aliphatic heterocycles. The van der Waals surface area contributed by atoms with Crippen molar-refractivity contribution in [1.82, 2.24) is 0 Å². The van der Waals surface area contributed by atoms with Gasteiger partial charge in [0, 0.05) is 11.4 Å². The van der Waals surface area contributed by atoms with Crippen LogP contribution in [0.3, 0.4) is 0 Å². The molecule has 0 bridgehead atoms. The molecule has 1 heterocycles. The fourth-order valence-electron chi connectivity index (χ4n) is 3.82. The molecule has 142 valence electrons. The van der Waals surface area contributed by atoms with Gasteiger partial charge in [-0.1, -0.05) is 23.8 Å². The lowest BCUT2D eigenvalue weighted by Gasteiger charge is -2.13. The summed E-state index contributed by atoms with van der Waals surface area (Å²) >= 11 is 0. The van der Waals surface area contributed by atoms with Crippen molar-refractivity contribution in [2.45, 2.75) is 26.9 Å². The molecule has 0 fully saturated rings. The topological polar surface area (TPSA) is 3.88 Å². The van der Waals surface area contributed by atoms with Crippen LogP contribution in [0.25, 0.3) is 32.8 Å². The molecule has 3 aromatic carbocycles. The van der Waals surface area contributed by atoms with Crippen molar-refractivity contribution in [3.05, 3.63) is 76.9 Å². The number of alkyl halides is 3. The number of nitrogens with zero attached hydrogens (tertiary/aromatic N) is 1. The molecule has 1 aromatic heterocycles. The molecule has 0 amide bonds. The Balaban J connectivity index is 2.22. The molecule has 0 saturated carbocycles. The van der Waals surface area contributed by atoms with Gasteiger partial charge in [0.25, 0.3) is 0 Å². The van der Waals surface area contributed by atoms with Crippen molar-refractivity contribution in [3.8, 4) is 11.3 Å². The normalized spacial score (nSPS) is 13.1. The van der Waals surface area contributed by atoms with Crippen LogP contribution in [-0.4, -0.2) is 0 Å². The molecule has 4 rings (SSSR count). The molecular formula is C24H21F3N+. The van der Waals surface area contributed by atoms with Gasteiger partial charge in [0.2, 0.25) is 5.69 Å². The Morgan fingerprint density at radius 3 is 2.32 bits per heavy atom. The van der Waals surface area contributed by atoms with E-state index in [0.29, 0.717) is 21.5 Å². The first kappa shape index (κ1) is 16.1. The quantitative estimate of drug-likeness (QED) is 0.264. The van der Waals surface area contributed by atoms with E-state index in [1.54, 1.807) is 17.7 Å². The van der Waals surface area contributed by atoms with Crippen molar-refractivity contribution in [2.75, 3.05) is 0 Å². The van der Waals surface area contributed by atoms with E-state index < -0.39 is 11.7 Å². The Hall–Kier alpha value is -2.88. The van der Waals surface area contributed by atoms with Crippen LogP contribution in [0, 0.1) is 20.8 Å². The van der Waals surface area contributed by atoms with E-state index in [4.69, 9.17) is 2.74 Å². The maximum absolute atomic E-state index is 13.4. The van der Waals surface area contributed by atoms with E-state index in [1.165, 1.54) is 6.07 Å². The van der Waals surface area contributed by atoms with Gasteiger partial charge in [0.15, 0.2) is 6.17 Å². The summed E-state index contributed by atoms with van der Waals surface area (Å²) in [4.78, 5) is 0. The number of aryl methyl sites for hydroxylation is 2. The Morgan fingerprint density at radius 2 is 1.61 bits per heavy atom. The van der Waals surface area contributed by atoms with Crippen LogP contribution in [0.4, 0.5) is 13.2 Å². The maximum Gasteiger partial charge on any atom is 0.416 e. The Labute approximate surface area is 164 Å². The molecule has 0 unspecified atom stereocenters. The summed E-state index contributed by atoms with van der Waals surface area (Å²) in [6, 6.07) is 11.2. The first-order chi connectivity index (χ1) is 14.0. The first-order valence-corrected chi connectivity index (χ1v) is 9.01. The molecule has 0 aliphatic rings. The zero-order chi connectivity index (χ0) is 22.0. The van der Waals surface area contributed by atoms with E-state index in [9.17, 15) is 13.2 Å². The monoisotopic (exact) mass is 382 g/mol. The number of pyridine rings is 1. The lowest BCUT2D eigenvalue weighted by Crippen LogP contribution is -2.30. The second-order valence-corrected chi connectivity index (χ2v) is 7.32. The highest BCUT2D eigenvalue weighted by Crippen LogP contribution is 2.36. The second kappa shape index (κ2) is 6.33. The molecule has 0 aliphatic carbocycles. The zero-order valence-electron chi connectivity index (χ0n) is 18.1. The molecule has 4 heteroatoms. The van der Waals surface area contributed by atoms with Crippen LogP contribution >= 0.6 is 0 Å². The maximum atomic E-state index is 13.4. The van der Waals surface area contributed by atoms with Crippen LogP contribution in [0.15, 0.2) is 54.7 Å². The third kappa shape index (κ3) is 2.93. The minimum atomic E-state index is -4.48. The minimum Gasteiger partial charge on any atom is -0.200 e. The van der Waals surface area contributed by atoms with Gasteiger partial charge in [-0.15, -0.1) is 0 Å². The average Bonchev–Trinajstić information content (AvgIpc) is 2.68. The summed E-state index contributed by atoms with van der Waals surface area (Å²) in [5, 5.41) is 1.98. The highest BCUT2D eigenvalue weighted by atomic mass is 19.4. The molecular weight excluding hydrogens is 359 g/mol. The lowest BCUT2D eigenvalue weighted by atomic mass is 9.93. The fourth-order valence-corrected chi connectivity index (χ4v) is 3.82. The number of benzene rings is 3. The molecule has 1 nitrogen and oxygen atoms in total. The molecule has 28 heavy (non-hydrogen) atoms. The summed E-state index contributed by atoms with van der Waals surface area (Å²) in [5.41, 5.74) is 4.08. The van der Waals surface area contributed by atoms with E-state index in [1.807, 2.05) is 32.9 Å². The van der Waals surface area contributed by atoms with Gasteiger partial charge in [-0.3, -0.25) is 0 Å². The largest absolute Gasteiger partial charge is 0.416 e. The standard InChI is InChI=1S/C24H21F3N/c1-14-11-15(2)16(3)21(12-14)23-20-8-6-17-5-7-18(24(25,26)27)13-22(17)19(20)9-10-28(23)4/h5-13H,1-4H3/q+1/i9D,10D. The molecule has 4 aromatic rings. The number of rotatable bonds is 1. The molecule has 0 spiro atoms. The summed E-state index contributed by atoms with van der Waals surface area (Å²) in [7, 11) is 1.72.